The van der Waals surface area contributed by atoms with Crippen molar-refractivity contribution in [3.63, 3.8) is 0 Å². The van der Waals surface area contributed by atoms with E-state index in [0.717, 1.165) is 50.1 Å². The first kappa shape index (κ1) is 31.7. The maximum Gasteiger partial charge on any atom is 0.416 e. The number of hydrogen-bond acceptors (Lipinski definition) is 6. The summed E-state index contributed by atoms with van der Waals surface area (Å²) in [5.41, 5.74) is -1.49. The number of alkyl carbamates (subject to hydrolysis) is 1. The van der Waals surface area contributed by atoms with E-state index in [0.29, 0.717) is 19.4 Å². The highest BCUT2D eigenvalue weighted by Crippen LogP contribution is 2.42. The van der Waals surface area contributed by atoms with Crippen molar-refractivity contribution in [2.45, 2.75) is 94.7 Å². The number of ether oxygens (including phenoxy) is 1. The molecular weight excluding hydrogens is 575 g/mol. The van der Waals surface area contributed by atoms with Crippen molar-refractivity contribution in [2.24, 2.45) is 0 Å². The van der Waals surface area contributed by atoms with E-state index < -0.39 is 34.9 Å². The van der Waals surface area contributed by atoms with Gasteiger partial charge >= 0.3 is 12.3 Å². The van der Waals surface area contributed by atoms with E-state index in [9.17, 15) is 27.6 Å². The Morgan fingerprint density at radius 3 is 2.36 bits per heavy atom. The third-order valence-corrected chi connectivity index (χ3v) is 8.97. The molecule has 1 saturated carbocycles. The summed E-state index contributed by atoms with van der Waals surface area (Å²) in [6.07, 6.45) is 1.43. The molecule has 2 unspecified atom stereocenters. The van der Waals surface area contributed by atoms with Crippen LogP contribution < -0.4 is 10.6 Å². The molecule has 2 aromatic rings. The van der Waals surface area contributed by atoms with E-state index in [4.69, 9.17) is 4.74 Å². The standard InChI is InChI=1S/C32H40F3N5O4/c1-30(2,3)44-29(43)38-31(26-9-4-5-16-36-26)14-10-23(11-15-31)39-17-12-25-24(39)13-18-40(25)27(41)20-37-28(42)21-7-6-8-22(19-21)32(33,34)35/h4-9,16,19,23-25H,10-15,17-18,20H2,1-3H3,(H,37,42)(H,38,43). The lowest BCUT2D eigenvalue weighted by atomic mass is 9.76. The molecule has 44 heavy (non-hydrogen) atoms. The summed E-state index contributed by atoms with van der Waals surface area (Å²) in [4.78, 5) is 47.4. The first-order chi connectivity index (χ1) is 20.8. The highest BCUT2D eigenvalue weighted by molar-refractivity contribution is 5.96. The summed E-state index contributed by atoms with van der Waals surface area (Å²) < 4.78 is 44.7. The van der Waals surface area contributed by atoms with Crippen molar-refractivity contribution in [1.29, 1.82) is 0 Å². The molecule has 0 radical (unpaired) electrons. The molecule has 0 spiro atoms. The predicted octanol–water partition coefficient (Wildman–Crippen LogP) is 4.87. The van der Waals surface area contributed by atoms with Gasteiger partial charge in [-0.15, -0.1) is 0 Å². The maximum atomic E-state index is 13.1. The van der Waals surface area contributed by atoms with Crippen LogP contribution in [0.15, 0.2) is 48.7 Å². The Kier molecular flexibility index (Phi) is 8.93. The third kappa shape index (κ3) is 7.00. The lowest BCUT2D eigenvalue weighted by Gasteiger charge is -2.44. The third-order valence-electron chi connectivity index (χ3n) is 8.97. The van der Waals surface area contributed by atoms with Crippen molar-refractivity contribution in [1.82, 2.24) is 25.4 Å². The zero-order valence-electron chi connectivity index (χ0n) is 25.3. The highest BCUT2D eigenvalue weighted by Gasteiger charge is 2.49. The topological polar surface area (TPSA) is 104 Å². The van der Waals surface area contributed by atoms with Gasteiger partial charge in [-0.1, -0.05) is 12.1 Å². The number of carbonyl (C=O) groups is 3. The van der Waals surface area contributed by atoms with Gasteiger partial charge in [0.05, 0.1) is 23.3 Å². The van der Waals surface area contributed by atoms with Gasteiger partial charge in [-0.25, -0.2) is 4.79 Å². The number of nitrogens with one attached hydrogen (secondary N) is 2. The van der Waals surface area contributed by atoms with E-state index in [2.05, 4.69) is 20.5 Å². The van der Waals surface area contributed by atoms with E-state index in [1.807, 2.05) is 43.9 Å². The largest absolute Gasteiger partial charge is 0.444 e. The number of halogens is 3. The number of aromatic nitrogens is 1. The molecule has 2 saturated heterocycles. The van der Waals surface area contributed by atoms with Gasteiger partial charge in [0.15, 0.2) is 0 Å². The molecule has 2 aliphatic heterocycles. The normalized spacial score (nSPS) is 25.8. The molecule has 9 nitrogen and oxygen atoms in total. The lowest BCUT2D eigenvalue weighted by Crippen LogP contribution is -2.53. The number of hydrogen-bond donors (Lipinski definition) is 2. The van der Waals surface area contributed by atoms with Crippen molar-refractivity contribution in [3.05, 3.63) is 65.5 Å². The van der Waals surface area contributed by atoms with E-state index in [-0.39, 0.29) is 36.1 Å². The highest BCUT2D eigenvalue weighted by atomic mass is 19.4. The monoisotopic (exact) mass is 615 g/mol. The fraction of sp³-hybridized carbons (Fsp3) is 0.562. The summed E-state index contributed by atoms with van der Waals surface area (Å²) in [6.45, 7) is 6.64. The smallest absolute Gasteiger partial charge is 0.416 e. The van der Waals surface area contributed by atoms with Crippen molar-refractivity contribution in [3.8, 4) is 0 Å². The minimum atomic E-state index is -4.56. The first-order valence-corrected chi connectivity index (χ1v) is 15.2. The Morgan fingerprint density at radius 1 is 0.977 bits per heavy atom. The molecule has 1 aliphatic carbocycles. The Labute approximate surface area is 255 Å². The minimum absolute atomic E-state index is 0.0234. The van der Waals surface area contributed by atoms with E-state index in [1.165, 1.54) is 12.1 Å². The van der Waals surface area contributed by atoms with Gasteiger partial charge in [0.2, 0.25) is 5.91 Å². The molecule has 2 atom stereocenters. The second kappa shape index (κ2) is 12.4. The number of fused-ring (bicyclic) bond motifs is 1. The minimum Gasteiger partial charge on any atom is -0.444 e. The van der Waals surface area contributed by atoms with Crippen LogP contribution in [-0.2, 0) is 21.2 Å². The molecule has 12 heteroatoms. The molecule has 5 rings (SSSR count). The van der Waals surface area contributed by atoms with Crippen LogP contribution in [0.4, 0.5) is 18.0 Å². The van der Waals surface area contributed by atoms with Crippen molar-refractivity contribution in [2.75, 3.05) is 19.6 Å². The van der Waals surface area contributed by atoms with Crippen LogP contribution in [0.3, 0.4) is 0 Å². The van der Waals surface area contributed by atoms with Crippen molar-refractivity contribution < 1.29 is 32.3 Å². The number of likely N-dealkylation sites (tertiary alicyclic amines) is 2. The van der Waals surface area contributed by atoms with Crippen LogP contribution in [0.1, 0.15) is 80.9 Å². The molecule has 2 N–H and O–H groups in total. The van der Waals surface area contributed by atoms with Gasteiger partial charge in [-0.05, 0) is 89.6 Å². The summed E-state index contributed by atoms with van der Waals surface area (Å²) >= 11 is 0. The fourth-order valence-corrected chi connectivity index (χ4v) is 7.00. The second-order valence-electron chi connectivity index (χ2n) is 13.0. The van der Waals surface area contributed by atoms with Crippen LogP contribution in [0.5, 0.6) is 0 Å². The van der Waals surface area contributed by atoms with Crippen LogP contribution in [0.2, 0.25) is 0 Å². The number of carbonyl (C=O) groups excluding carboxylic acids is 3. The van der Waals surface area contributed by atoms with Gasteiger partial charge in [0.25, 0.3) is 5.91 Å². The number of benzene rings is 1. The number of nitrogens with zero attached hydrogens (tertiary/aromatic N) is 3. The molecule has 3 aliphatic rings. The van der Waals surface area contributed by atoms with Crippen LogP contribution in [0.25, 0.3) is 0 Å². The van der Waals surface area contributed by atoms with Crippen LogP contribution in [-0.4, -0.2) is 76.1 Å². The second-order valence-corrected chi connectivity index (χ2v) is 13.0. The number of rotatable bonds is 6. The predicted molar refractivity (Wildman–Crippen MR) is 157 cm³/mol. The summed E-state index contributed by atoms with van der Waals surface area (Å²) in [5, 5.41) is 5.65. The molecule has 0 bridgehead atoms. The number of alkyl halides is 3. The maximum absolute atomic E-state index is 13.1. The summed E-state index contributed by atoms with van der Waals surface area (Å²) in [5.74, 6) is -0.953. The van der Waals surface area contributed by atoms with Gasteiger partial charge in [0.1, 0.15) is 5.60 Å². The number of pyridine rings is 1. The molecule has 1 aromatic heterocycles. The average Bonchev–Trinajstić information content (AvgIpc) is 3.58. The molecule has 1 aromatic carbocycles. The van der Waals surface area contributed by atoms with Crippen molar-refractivity contribution >= 4 is 17.9 Å². The quantitative estimate of drug-likeness (QED) is 0.481. The molecule has 3 amide bonds. The average molecular weight is 616 g/mol. The first-order valence-electron chi connectivity index (χ1n) is 15.2. The number of amides is 3. The molecule has 3 fully saturated rings. The van der Waals surface area contributed by atoms with E-state index in [1.54, 1.807) is 6.20 Å². The van der Waals surface area contributed by atoms with Crippen LogP contribution >= 0.6 is 0 Å². The van der Waals surface area contributed by atoms with Gasteiger partial charge in [0, 0.05) is 43.0 Å². The van der Waals surface area contributed by atoms with Gasteiger partial charge in [-0.3, -0.25) is 19.5 Å². The Hall–Kier alpha value is -3.67. The zero-order valence-corrected chi connectivity index (χ0v) is 25.3. The van der Waals surface area contributed by atoms with E-state index >= 15 is 0 Å². The Morgan fingerprint density at radius 2 is 1.70 bits per heavy atom. The summed E-state index contributed by atoms with van der Waals surface area (Å²) in [6, 6.07) is 10.4. The molecule has 3 heterocycles. The SMILES string of the molecule is CC(C)(C)OC(=O)NC1(c2ccccn2)CCC(N2CCC3C2CCN3C(=O)CNC(=O)c2cccc(C(F)(F)F)c2)CC1. The summed E-state index contributed by atoms with van der Waals surface area (Å²) in [7, 11) is 0. The molecular formula is C32H40F3N5O4. The zero-order chi connectivity index (χ0) is 31.7. The molecule has 238 valence electrons. The fourth-order valence-electron chi connectivity index (χ4n) is 7.00. The lowest BCUT2D eigenvalue weighted by molar-refractivity contribution is -0.137. The Balaban J connectivity index is 1.18. The van der Waals surface area contributed by atoms with Gasteiger partial charge in [-0.2, -0.15) is 13.2 Å². The van der Waals surface area contributed by atoms with Crippen LogP contribution in [0, 0.1) is 0 Å². The Bertz CT molecular complexity index is 1360. The van der Waals surface area contributed by atoms with Gasteiger partial charge < -0.3 is 20.3 Å².